The molecule has 2 aromatic heterocycles. The van der Waals surface area contributed by atoms with Crippen molar-refractivity contribution in [3.8, 4) is 11.3 Å². The van der Waals surface area contributed by atoms with Gasteiger partial charge in [0, 0.05) is 54.9 Å². The minimum atomic E-state index is -3.28. The normalized spacial score (nSPS) is 11.5. The zero-order valence-electron chi connectivity index (χ0n) is 17.4. The van der Waals surface area contributed by atoms with E-state index >= 15 is 0 Å². The lowest BCUT2D eigenvalue weighted by atomic mass is 10.1. The number of pyridine rings is 1. The second kappa shape index (κ2) is 7.88. The van der Waals surface area contributed by atoms with Gasteiger partial charge in [-0.05, 0) is 42.0 Å². The van der Waals surface area contributed by atoms with E-state index in [0.29, 0.717) is 17.1 Å². The molecule has 0 saturated heterocycles. The van der Waals surface area contributed by atoms with Crippen molar-refractivity contribution in [1.29, 1.82) is 0 Å². The predicted octanol–water partition coefficient (Wildman–Crippen LogP) is 4.08. The molecule has 0 fully saturated rings. The summed E-state index contributed by atoms with van der Waals surface area (Å²) < 4.78 is 23.5. The van der Waals surface area contributed by atoms with Crippen LogP contribution >= 0.6 is 0 Å². The lowest BCUT2D eigenvalue weighted by Crippen LogP contribution is -2.21. The number of carbonyl (C=O) groups excluding carboxylic acids is 1. The number of sulfone groups is 1. The Kier molecular flexibility index (Phi) is 5.24. The summed E-state index contributed by atoms with van der Waals surface area (Å²) in [5, 5.41) is 4.09. The maximum Gasteiger partial charge on any atom is 0.253 e. The molecule has 0 bridgehead atoms. The minimum Gasteiger partial charge on any atom is -0.354 e. The molecule has 2 aromatic carbocycles. The second-order valence-corrected chi connectivity index (χ2v) is 9.56. The monoisotopic (exact) mass is 434 g/mol. The van der Waals surface area contributed by atoms with Crippen LogP contribution < -0.4 is 5.32 Å². The fourth-order valence-corrected chi connectivity index (χ4v) is 3.92. The third kappa shape index (κ3) is 4.44. The molecular formula is C23H22N4O3S. The Labute approximate surface area is 180 Å². The van der Waals surface area contributed by atoms with E-state index in [9.17, 15) is 13.2 Å². The van der Waals surface area contributed by atoms with Crippen molar-refractivity contribution in [3.63, 3.8) is 0 Å². The number of nitrogens with zero attached hydrogens (tertiary/aromatic N) is 2. The fourth-order valence-electron chi connectivity index (χ4n) is 3.25. The summed E-state index contributed by atoms with van der Waals surface area (Å²) in [4.78, 5) is 21.7. The van der Waals surface area contributed by atoms with Crippen molar-refractivity contribution < 1.29 is 13.2 Å². The molecule has 0 unspecified atom stereocenters. The van der Waals surface area contributed by atoms with Gasteiger partial charge in [0.2, 0.25) is 0 Å². The van der Waals surface area contributed by atoms with Gasteiger partial charge in [0.1, 0.15) is 5.82 Å². The largest absolute Gasteiger partial charge is 0.354 e. The first-order valence-corrected chi connectivity index (χ1v) is 11.5. The molecule has 8 heteroatoms. The van der Waals surface area contributed by atoms with Gasteiger partial charge < -0.3 is 15.2 Å². The molecule has 1 amide bonds. The number of benzene rings is 2. The Morgan fingerprint density at radius 3 is 2.45 bits per heavy atom. The molecule has 0 aliphatic heterocycles. The van der Waals surface area contributed by atoms with Crippen molar-refractivity contribution >= 4 is 38.2 Å². The molecule has 0 radical (unpaired) electrons. The first-order chi connectivity index (χ1) is 14.7. The van der Waals surface area contributed by atoms with E-state index in [1.807, 2.05) is 36.4 Å². The summed E-state index contributed by atoms with van der Waals surface area (Å²) in [6.07, 6.45) is 2.93. The quantitative estimate of drug-likeness (QED) is 0.494. The molecule has 0 atom stereocenters. The number of rotatable bonds is 5. The second-order valence-electron chi connectivity index (χ2n) is 7.54. The van der Waals surface area contributed by atoms with Crippen LogP contribution in [-0.4, -0.2) is 49.5 Å². The Bertz CT molecular complexity index is 1370. The van der Waals surface area contributed by atoms with Gasteiger partial charge >= 0.3 is 0 Å². The van der Waals surface area contributed by atoms with Gasteiger partial charge in [0.25, 0.3) is 5.91 Å². The molecule has 2 heterocycles. The Morgan fingerprint density at radius 2 is 1.77 bits per heavy atom. The van der Waals surface area contributed by atoms with Crippen molar-refractivity contribution in [1.82, 2.24) is 14.9 Å². The topological polar surface area (TPSA) is 95.2 Å². The molecule has 4 rings (SSSR count). The van der Waals surface area contributed by atoms with Crippen LogP contribution in [0.15, 0.2) is 71.8 Å². The molecule has 0 saturated carbocycles. The molecule has 0 aliphatic carbocycles. The standard InChI is InChI=1S/C23H22N4O3S/c1-27(2)23(28)16-9-7-15(8-10-16)20-11-17-14-24-22(13-21(17)26-20)25-18-5-4-6-19(12-18)31(3,29)30/h4-14,26H,1-3H3,(H,24,25). The first kappa shape index (κ1) is 20.6. The summed E-state index contributed by atoms with van der Waals surface area (Å²) in [6, 6.07) is 17.9. The van der Waals surface area contributed by atoms with E-state index in [0.717, 1.165) is 22.2 Å². The zero-order chi connectivity index (χ0) is 22.2. The number of nitrogens with one attached hydrogen (secondary N) is 2. The van der Waals surface area contributed by atoms with Crippen LogP contribution in [0.5, 0.6) is 0 Å². The van der Waals surface area contributed by atoms with Crippen LogP contribution in [0.2, 0.25) is 0 Å². The molecule has 7 nitrogen and oxygen atoms in total. The highest BCUT2D eigenvalue weighted by molar-refractivity contribution is 7.90. The van der Waals surface area contributed by atoms with Gasteiger partial charge in [0.05, 0.1) is 10.4 Å². The minimum absolute atomic E-state index is 0.0388. The van der Waals surface area contributed by atoms with Gasteiger partial charge in [-0.1, -0.05) is 18.2 Å². The summed E-state index contributed by atoms with van der Waals surface area (Å²) in [5.74, 6) is 0.557. The number of fused-ring (bicyclic) bond motifs is 1. The predicted molar refractivity (Wildman–Crippen MR) is 122 cm³/mol. The van der Waals surface area contributed by atoms with Gasteiger partial charge in [-0.15, -0.1) is 0 Å². The van der Waals surface area contributed by atoms with E-state index in [4.69, 9.17) is 0 Å². The Morgan fingerprint density at radius 1 is 1.03 bits per heavy atom. The molecule has 0 spiro atoms. The molecular weight excluding hydrogens is 412 g/mol. The van der Waals surface area contributed by atoms with Gasteiger partial charge in [-0.2, -0.15) is 0 Å². The van der Waals surface area contributed by atoms with E-state index in [-0.39, 0.29) is 10.8 Å². The van der Waals surface area contributed by atoms with Gasteiger partial charge in [0.15, 0.2) is 9.84 Å². The fraction of sp³-hybridized carbons (Fsp3) is 0.130. The average molecular weight is 435 g/mol. The van der Waals surface area contributed by atoms with Crippen molar-refractivity contribution in [2.75, 3.05) is 25.7 Å². The van der Waals surface area contributed by atoms with Crippen LogP contribution in [-0.2, 0) is 9.84 Å². The van der Waals surface area contributed by atoms with Crippen molar-refractivity contribution in [2.45, 2.75) is 4.90 Å². The Balaban J connectivity index is 1.60. The number of hydrogen-bond acceptors (Lipinski definition) is 5. The number of hydrogen-bond donors (Lipinski definition) is 2. The van der Waals surface area contributed by atoms with Crippen molar-refractivity contribution in [2.24, 2.45) is 0 Å². The highest BCUT2D eigenvalue weighted by Crippen LogP contribution is 2.27. The number of aromatic amines is 1. The lowest BCUT2D eigenvalue weighted by Gasteiger charge is -2.10. The third-order valence-corrected chi connectivity index (χ3v) is 6.00. The van der Waals surface area contributed by atoms with Gasteiger partial charge in [-0.3, -0.25) is 4.79 Å². The van der Waals surface area contributed by atoms with Gasteiger partial charge in [-0.25, -0.2) is 13.4 Å². The summed E-state index contributed by atoms with van der Waals surface area (Å²) >= 11 is 0. The van der Waals surface area contributed by atoms with Crippen LogP contribution in [0, 0.1) is 0 Å². The maximum atomic E-state index is 12.1. The number of carbonyl (C=O) groups is 1. The smallest absolute Gasteiger partial charge is 0.253 e. The van der Waals surface area contributed by atoms with Crippen LogP contribution in [0.1, 0.15) is 10.4 Å². The highest BCUT2D eigenvalue weighted by Gasteiger charge is 2.11. The number of anilines is 2. The number of amides is 1. The number of aromatic nitrogens is 2. The zero-order valence-corrected chi connectivity index (χ0v) is 18.2. The summed E-state index contributed by atoms with van der Waals surface area (Å²) in [6.45, 7) is 0. The van der Waals surface area contributed by atoms with E-state index in [1.165, 1.54) is 6.26 Å². The van der Waals surface area contributed by atoms with Crippen LogP contribution in [0.25, 0.3) is 22.2 Å². The highest BCUT2D eigenvalue weighted by atomic mass is 32.2. The van der Waals surface area contributed by atoms with Crippen LogP contribution in [0.4, 0.5) is 11.5 Å². The molecule has 2 N–H and O–H groups in total. The number of H-pyrrole nitrogens is 1. The molecule has 31 heavy (non-hydrogen) atoms. The molecule has 4 aromatic rings. The molecule has 0 aliphatic rings. The maximum absolute atomic E-state index is 12.1. The lowest BCUT2D eigenvalue weighted by molar-refractivity contribution is 0.0827. The summed E-state index contributed by atoms with van der Waals surface area (Å²) in [5.41, 5.74) is 4.04. The third-order valence-electron chi connectivity index (χ3n) is 4.89. The van der Waals surface area contributed by atoms with E-state index in [1.54, 1.807) is 49.5 Å². The SMILES string of the molecule is CN(C)C(=O)c1ccc(-c2cc3cnc(Nc4cccc(S(C)(=O)=O)c4)cc3[nH]2)cc1. The van der Waals surface area contributed by atoms with Crippen LogP contribution in [0.3, 0.4) is 0 Å². The average Bonchev–Trinajstić information content (AvgIpc) is 3.16. The van der Waals surface area contributed by atoms with E-state index < -0.39 is 9.84 Å². The Hall–Kier alpha value is -3.65. The van der Waals surface area contributed by atoms with E-state index in [2.05, 4.69) is 15.3 Å². The molecule has 158 valence electrons. The summed E-state index contributed by atoms with van der Waals surface area (Å²) in [7, 11) is 0.169. The first-order valence-electron chi connectivity index (χ1n) is 9.59. The van der Waals surface area contributed by atoms with Crippen molar-refractivity contribution in [3.05, 3.63) is 72.4 Å².